The summed E-state index contributed by atoms with van der Waals surface area (Å²) in [6, 6.07) is 14.8. The van der Waals surface area contributed by atoms with Crippen LogP contribution in [0.5, 0.6) is 5.75 Å². The van der Waals surface area contributed by atoms with Crippen LogP contribution in [0.4, 0.5) is 0 Å². The zero-order valence-electron chi connectivity index (χ0n) is 11.5. The van der Waals surface area contributed by atoms with Crippen LogP contribution in [0, 0.1) is 0 Å². The third-order valence-corrected chi connectivity index (χ3v) is 5.18. The smallest absolute Gasteiger partial charge is 0.122 e. The van der Waals surface area contributed by atoms with Crippen molar-refractivity contribution in [1.29, 1.82) is 0 Å². The van der Waals surface area contributed by atoms with Crippen molar-refractivity contribution < 1.29 is 4.74 Å². The monoisotopic (exact) mass is 364 g/mol. The molecule has 1 unspecified atom stereocenters. The molecule has 3 nitrogen and oxygen atoms in total. The highest BCUT2D eigenvalue weighted by molar-refractivity contribution is 9.10. The van der Waals surface area contributed by atoms with Crippen molar-refractivity contribution in [2.24, 2.45) is 5.84 Å². The first-order chi connectivity index (χ1) is 10.3. The highest BCUT2D eigenvalue weighted by Crippen LogP contribution is 2.30. The largest absolute Gasteiger partial charge is 0.493 e. The molecule has 1 aliphatic heterocycles. The van der Waals surface area contributed by atoms with Crippen molar-refractivity contribution in [3.63, 3.8) is 0 Å². The van der Waals surface area contributed by atoms with E-state index in [1.54, 1.807) is 11.8 Å². The van der Waals surface area contributed by atoms with Gasteiger partial charge in [0.2, 0.25) is 0 Å². The Morgan fingerprint density at radius 1 is 1.24 bits per heavy atom. The number of nitrogens with one attached hydrogen (secondary N) is 1. The van der Waals surface area contributed by atoms with Crippen LogP contribution in [0.25, 0.3) is 0 Å². The SMILES string of the molecule is NNC(CSc1ccc(Br)cc1)c1ccc2c(c1)CCO2. The summed E-state index contributed by atoms with van der Waals surface area (Å²) in [4.78, 5) is 1.24. The van der Waals surface area contributed by atoms with Gasteiger partial charge in [-0.25, -0.2) is 0 Å². The molecule has 1 aliphatic rings. The lowest BCUT2D eigenvalue weighted by Crippen LogP contribution is -2.29. The number of fused-ring (bicyclic) bond motifs is 1. The fourth-order valence-electron chi connectivity index (χ4n) is 2.37. The van der Waals surface area contributed by atoms with E-state index in [4.69, 9.17) is 10.6 Å². The lowest BCUT2D eigenvalue weighted by atomic mass is 10.0. The minimum atomic E-state index is 0.129. The number of rotatable bonds is 5. The van der Waals surface area contributed by atoms with Crippen LogP contribution >= 0.6 is 27.7 Å². The average molecular weight is 365 g/mol. The fraction of sp³-hybridized carbons (Fsp3) is 0.250. The van der Waals surface area contributed by atoms with E-state index in [-0.39, 0.29) is 6.04 Å². The summed E-state index contributed by atoms with van der Waals surface area (Å²) in [5, 5.41) is 0. The molecule has 3 N–H and O–H groups in total. The summed E-state index contributed by atoms with van der Waals surface area (Å²) in [6.45, 7) is 0.785. The lowest BCUT2D eigenvalue weighted by Gasteiger charge is -2.17. The van der Waals surface area contributed by atoms with Crippen LogP contribution < -0.4 is 16.0 Å². The fourth-order valence-corrected chi connectivity index (χ4v) is 3.61. The maximum Gasteiger partial charge on any atom is 0.122 e. The zero-order chi connectivity index (χ0) is 14.7. The van der Waals surface area contributed by atoms with Gasteiger partial charge in [-0.15, -0.1) is 11.8 Å². The Balaban J connectivity index is 1.68. The van der Waals surface area contributed by atoms with E-state index in [2.05, 4.69) is 57.8 Å². The van der Waals surface area contributed by atoms with Gasteiger partial charge >= 0.3 is 0 Å². The molecule has 0 spiro atoms. The maximum atomic E-state index is 5.74. The standard InChI is InChI=1S/C16H17BrN2OS/c17-13-2-4-14(5-3-13)21-10-15(19-18)11-1-6-16-12(9-11)7-8-20-16/h1-6,9,15,19H,7-8,10,18H2. The zero-order valence-corrected chi connectivity index (χ0v) is 13.9. The normalized spacial score (nSPS) is 14.6. The first-order valence-electron chi connectivity index (χ1n) is 6.86. The molecule has 21 heavy (non-hydrogen) atoms. The molecule has 3 rings (SSSR count). The summed E-state index contributed by atoms with van der Waals surface area (Å²) in [7, 11) is 0. The quantitative estimate of drug-likeness (QED) is 0.482. The molecule has 0 aliphatic carbocycles. The minimum Gasteiger partial charge on any atom is -0.493 e. The van der Waals surface area contributed by atoms with Crippen LogP contribution in [0.15, 0.2) is 51.8 Å². The molecular weight excluding hydrogens is 348 g/mol. The van der Waals surface area contributed by atoms with E-state index in [1.165, 1.54) is 16.0 Å². The van der Waals surface area contributed by atoms with Crippen LogP contribution in [-0.2, 0) is 6.42 Å². The molecule has 1 heterocycles. The highest BCUT2D eigenvalue weighted by atomic mass is 79.9. The lowest BCUT2D eigenvalue weighted by molar-refractivity contribution is 0.356. The number of benzene rings is 2. The number of hydrogen-bond acceptors (Lipinski definition) is 4. The summed E-state index contributed by atoms with van der Waals surface area (Å²) in [6.07, 6.45) is 0.986. The van der Waals surface area contributed by atoms with Crippen molar-refractivity contribution >= 4 is 27.7 Å². The van der Waals surface area contributed by atoms with Crippen molar-refractivity contribution in [2.75, 3.05) is 12.4 Å². The topological polar surface area (TPSA) is 47.3 Å². The molecule has 2 aromatic rings. The van der Waals surface area contributed by atoms with Gasteiger partial charge in [0.15, 0.2) is 0 Å². The highest BCUT2D eigenvalue weighted by Gasteiger charge is 2.16. The number of halogens is 1. The molecule has 0 saturated carbocycles. The predicted octanol–water partition coefficient (Wildman–Crippen LogP) is 3.68. The van der Waals surface area contributed by atoms with Crippen LogP contribution in [-0.4, -0.2) is 12.4 Å². The minimum absolute atomic E-state index is 0.129. The van der Waals surface area contributed by atoms with E-state index in [1.807, 2.05) is 6.07 Å². The van der Waals surface area contributed by atoms with E-state index in [0.29, 0.717) is 0 Å². The van der Waals surface area contributed by atoms with Gasteiger partial charge in [0.05, 0.1) is 12.6 Å². The van der Waals surface area contributed by atoms with Crippen LogP contribution in [0.1, 0.15) is 17.2 Å². The number of hydrogen-bond donors (Lipinski definition) is 2. The summed E-state index contributed by atoms with van der Waals surface area (Å²) < 4.78 is 6.64. The molecule has 0 radical (unpaired) electrons. The maximum absolute atomic E-state index is 5.74. The molecule has 0 fully saturated rings. The second-order valence-electron chi connectivity index (χ2n) is 4.95. The molecule has 1 atom stereocenters. The van der Waals surface area contributed by atoms with Crippen molar-refractivity contribution in [2.45, 2.75) is 17.4 Å². The molecular formula is C16H17BrN2OS. The van der Waals surface area contributed by atoms with Gasteiger partial charge in [-0.2, -0.15) is 0 Å². The summed E-state index contributed by atoms with van der Waals surface area (Å²) in [5.74, 6) is 7.63. The van der Waals surface area contributed by atoms with Gasteiger partial charge in [-0.05, 0) is 41.5 Å². The molecule has 110 valence electrons. The van der Waals surface area contributed by atoms with Gasteiger partial charge in [0.1, 0.15) is 5.75 Å². The Kier molecular flexibility index (Phi) is 4.85. The number of hydrazine groups is 1. The van der Waals surface area contributed by atoms with Gasteiger partial charge < -0.3 is 4.74 Å². The molecule has 0 amide bonds. The van der Waals surface area contributed by atoms with E-state index >= 15 is 0 Å². The Bertz CT molecular complexity index is 618. The summed E-state index contributed by atoms with van der Waals surface area (Å²) in [5.41, 5.74) is 5.41. The third-order valence-electron chi connectivity index (χ3n) is 3.55. The van der Waals surface area contributed by atoms with E-state index in [0.717, 1.165) is 29.0 Å². The van der Waals surface area contributed by atoms with Crippen LogP contribution in [0.3, 0.4) is 0 Å². The van der Waals surface area contributed by atoms with E-state index in [9.17, 15) is 0 Å². The number of nitrogens with two attached hydrogens (primary N) is 1. The van der Waals surface area contributed by atoms with E-state index < -0.39 is 0 Å². The molecule has 2 aromatic carbocycles. The summed E-state index contributed by atoms with van der Waals surface area (Å²) >= 11 is 5.25. The Labute approximate surface area is 137 Å². The molecule has 0 saturated heterocycles. The molecule has 0 aromatic heterocycles. The second kappa shape index (κ2) is 6.83. The second-order valence-corrected chi connectivity index (χ2v) is 6.96. The van der Waals surface area contributed by atoms with Crippen molar-refractivity contribution in [3.8, 4) is 5.75 Å². The average Bonchev–Trinajstić information content (AvgIpc) is 2.97. The van der Waals surface area contributed by atoms with Gasteiger partial charge in [0.25, 0.3) is 0 Å². The number of thioether (sulfide) groups is 1. The third kappa shape index (κ3) is 3.61. The van der Waals surface area contributed by atoms with Gasteiger partial charge in [-0.3, -0.25) is 11.3 Å². The predicted molar refractivity (Wildman–Crippen MR) is 90.6 cm³/mol. The first-order valence-corrected chi connectivity index (χ1v) is 8.64. The van der Waals surface area contributed by atoms with Crippen molar-refractivity contribution in [1.82, 2.24) is 5.43 Å². The van der Waals surface area contributed by atoms with Gasteiger partial charge in [-0.1, -0.05) is 28.1 Å². The van der Waals surface area contributed by atoms with Gasteiger partial charge in [0, 0.05) is 21.5 Å². The number of ether oxygens (including phenoxy) is 1. The molecule has 5 heteroatoms. The Morgan fingerprint density at radius 3 is 2.81 bits per heavy atom. The Hall–Kier alpha value is -1.01. The van der Waals surface area contributed by atoms with Crippen LogP contribution in [0.2, 0.25) is 0 Å². The van der Waals surface area contributed by atoms with Crippen molar-refractivity contribution in [3.05, 3.63) is 58.1 Å². The molecule has 0 bridgehead atoms. The first kappa shape index (κ1) is 14.9. The Morgan fingerprint density at radius 2 is 2.05 bits per heavy atom.